The molecule has 1 aromatic carbocycles. The molecule has 0 radical (unpaired) electrons. The van der Waals surface area contributed by atoms with Gasteiger partial charge in [-0.05, 0) is 30.7 Å². The Morgan fingerprint density at radius 2 is 2.33 bits per heavy atom. The third-order valence-electron chi connectivity index (χ3n) is 4.21. The average Bonchev–Trinajstić information content (AvgIpc) is 3.18. The highest BCUT2D eigenvalue weighted by Crippen LogP contribution is 2.32. The summed E-state index contributed by atoms with van der Waals surface area (Å²) in [6.07, 6.45) is 3.81. The van der Waals surface area contributed by atoms with Crippen LogP contribution in [0.1, 0.15) is 18.4 Å². The summed E-state index contributed by atoms with van der Waals surface area (Å²) in [7, 11) is 1.89. The number of carbonyl (C=O) groups is 1. The van der Waals surface area contributed by atoms with Crippen molar-refractivity contribution in [2.45, 2.75) is 12.8 Å². The minimum atomic E-state index is -0.132. The first-order chi connectivity index (χ1) is 11.6. The highest BCUT2D eigenvalue weighted by Gasteiger charge is 2.35. The minimum Gasteiger partial charge on any atom is -0.492 e. The predicted octanol–water partition coefficient (Wildman–Crippen LogP) is 2.52. The number of anilines is 1. The van der Waals surface area contributed by atoms with Crippen molar-refractivity contribution in [1.29, 1.82) is 0 Å². The molecule has 7 heteroatoms. The zero-order valence-corrected chi connectivity index (χ0v) is 15.3. The Labute approximate surface area is 149 Å². The number of nitrogens with zero attached hydrogens (tertiary/aromatic N) is 2. The molecule has 0 unspecified atom stereocenters. The van der Waals surface area contributed by atoms with Gasteiger partial charge in [-0.3, -0.25) is 9.48 Å². The molecule has 6 nitrogen and oxygen atoms in total. The predicted molar refractivity (Wildman–Crippen MR) is 96.2 cm³/mol. The number of halogens is 1. The van der Waals surface area contributed by atoms with Gasteiger partial charge in [-0.2, -0.15) is 5.10 Å². The first-order valence-corrected chi connectivity index (χ1v) is 8.80. The number of aromatic nitrogens is 2. The normalized spacial score (nSPS) is 20.1. The third kappa shape index (κ3) is 3.62. The van der Waals surface area contributed by atoms with Gasteiger partial charge in [0.25, 0.3) is 0 Å². The van der Waals surface area contributed by atoms with Crippen LogP contribution in [0, 0.1) is 5.92 Å². The van der Waals surface area contributed by atoms with Crippen molar-refractivity contribution in [3.8, 4) is 5.75 Å². The van der Waals surface area contributed by atoms with Gasteiger partial charge in [-0.25, -0.2) is 0 Å². The van der Waals surface area contributed by atoms with Crippen LogP contribution >= 0.6 is 15.9 Å². The molecule has 2 atom stereocenters. The van der Waals surface area contributed by atoms with E-state index in [1.54, 1.807) is 4.68 Å². The van der Waals surface area contributed by atoms with Crippen LogP contribution in [-0.4, -0.2) is 35.4 Å². The summed E-state index contributed by atoms with van der Waals surface area (Å²) >= 11 is 3.43. The van der Waals surface area contributed by atoms with Gasteiger partial charge in [0.05, 0.1) is 24.4 Å². The Balaban J connectivity index is 1.77. The SMILES string of the molecule is CCOc1cc(Br)ccc1NC(=O)[C@H]1CNC[C@@H]1c1cnn(C)c1. The summed E-state index contributed by atoms with van der Waals surface area (Å²) in [5.74, 6) is 0.665. The van der Waals surface area contributed by atoms with Gasteiger partial charge in [0, 0.05) is 36.7 Å². The second kappa shape index (κ2) is 7.36. The number of hydrogen-bond donors (Lipinski definition) is 2. The van der Waals surface area contributed by atoms with Crippen LogP contribution in [0.2, 0.25) is 0 Å². The summed E-state index contributed by atoms with van der Waals surface area (Å²) in [4.78, 5) is 12.8. The van der Waals surface area contributed by atoms with E-state index < -0.39 is 0 Å². The Morgan fingerprint density at radius 1 is 1.50 bits per heavy atom. The summed E-state index contributed by atoms with van der Waals surface area (Å²) in [5, 5.41) is 10.5. The number of hydrogen-bond acceptors (Lipinski definition) is 4. The Kier molecular flexibility index (Phi) is 5.20. The molecule has 1 fully saturated rings. The molecule has 2 aromatic rings. The maximum atomic E-state index is 12.8. The number of carbonyl (C=O) groups excluding carboxylic acids is 1. The highest BCUT2D eigenvalue weighted by atomic mass is 79.9. The van der Waals surface area contributed by atoms with Crippen molar-refractivity contribution >= 4 is 27.5 Å². The highest BCUT2D eigenvalue weighted by molar-refractivity contribution is 9.10. The molecule has 1 aliphatic rings. The van der Waals surface area contributed by atoms with Crippen LogP contribution in [0.15, 0.2) is 35.1 Å². The van der Waals surface area contributed by atoms with Crippen LogP contribution in [0.3, 0.4) is 0 Å². The molecule has 0 saturated carbocycles. The van der Waals surface area contributed by atoms with Crippen LogP contribution in [0.4, 0.5) is 5.69 Å². The molecule has 3 rings (SSSR count). The Morgan fingerprint density at radius 3 is 3.04 bits per heavy atom. The van der Waals surface area contributed by atoms with Crippen molar-refractivity contribution in [1.82, 2.24) is 15.1 Å². The number of amides is 1. The van der Waals surface area contributed by atoms with E-state index in [0.717, 1.165) is 16.6 Å². The molecule has 1 aromatic heterocycles. The summed E-state index contributed by atoms with van der Waals surface area (Å²) in [6, 6.07) is 5.61. The van der Waals surface area contributed by atoms with Gasteiger partial charge in [0.1, 0.15) is 5.75 Å². The molecule has 0 bridgehead atoms. The fourth-order valence-electron chi connectivity index (χ4n) is 3.04. The maximum absolute atomic E-state index is 12.8. The molecule has 2 heterocycles. The van der Waals surface area contributed by atoms with E-state index in [0.29, 0.717) is 24.6 Å². The Hall–Kier alpha value is -1.86. The molecule has 1 saturated heterocycles. The largest absolute Gasteiger partial charge is 0.492 e. The van der Waals surface area contributed by atoms with Crippen molar-refractivity contribution in [2.24, 2.45) is 13.0 Å². The number of benzene rings is 1. The number of rotatable bonds is 5. The first kappa shape index (κ1) is 17.0. The van der Waals surface area contributed by atoms with Gasteiger partial charge in [0.2, 0.25) is 5.91 Å². The number of aryl methyl sites for hydroxylation is 1. The smallest absolute Gasteiger partial charge is 0.229 e. The van der Waals surface area contributed by atoms with Crippen molar-refractivity contribution in [3.63, 3.8) is 0 Å². The lowest BCUT2D eigenvalue weighted by Crippen LogP contribution is -2.28. The minimum absolute atomic E-state index is 0.00266. The second-order valence-electron chi connectivity index (χ2n) is 5.88. The molecule has 1 aliphatic heterocycles. The van der Waals surface area contributed by atoms with E-state index in [4.69, 9.17) is 4.74 Å². The topological polar surface area (TPSA) is 68.2 Å². The second-order valence-corrected chi connectivity index (χ2v) is 6.80. The van der Waals surface area contributed by atoms with Crippen LogP contribution < -0.4 is 15.4 Å². The maximum Gasteiger partial charge on any atom is 0.229 e. The van der Waals surface area contributed by atoms with Gasteiger partial charge in [-0.1, -0.05) is 15.9 Å². The van der Waals surface area contributed by atoms with Crippen LogP contribution in [-0.2, 0) is 11.8 Å². The standard InChI is InChI=1S/C17H21BrN4O2/c1-3-24-16-6-12(18)4-5-15(16)21-17(23)14-9-19-8-13(14)11-7-20-22(2)10-11/h4-7,10,13-14,19H,3,8-9H2,1-2H3,(H,21,23)/t13-,14+/m1/s1. The zero-order valence-electron chi connectivity index (χ0n) is 13.8. The molecule has 0 aliphatic carbocycles. The molecular weight excluding hydrogens is 372 g/mol. The van der Waals surface area contributed by atoms with Gasteiger partial charge >= 0.3 is 0 Å². The fourth-order valence-corrected chi connectivity index (χ4v) is 3.38. The Bertz CT molecular complexity index is 731. The van der Waals surface area contributed by atoms with E-state index >= 15 is 0 Å². The van der Waals surface area contributed by atoms with E-state index in [-0.39, 0.29) is 17.7 Å². The third-order valence-corrected chi connectivity index (χ3v) is 4.70. The summed E-state index contributed by atoms with van der Waals surface area (Å²) < 4.78 is 8.31. The fraction of sp³-hybridized carbons (Fsp3) is 0.412. The lowest BCUT2D eigenvalue weighted by atomic mass is 9.90. The zero-order chi connectivity index (χ0) is 17.1. The first-order valence-electron chi connectivity index (χ1n) is 8.01. The average molecular weight is 393 g/mol. The van der Waals surface area contributed by atoms with Crippen molar-refractivity contribution in [2.75, 3.05) is 25.0 Å². The summed E-state index contributed by atoms with van der Waals surface area (Å²) in [6.45, 7) is 3.91. The molecule has 1 amide bonds. The molecular formula is C17H21BrN4O2. The lowest BCUT2D eigenvalue weighted by Gasteiger charge is -2.18. The van der Waals surface area contributed by atoms with E-state index in [1.807, 2.05) is 44.6 Å². The molecule has 128 valence electrons. The van der Waals surface area contributed by atoms with E-state index in [9.17, 15) is 4.79 Å². The van der Waals surface area contributed by atoms with E-state index in [1.165, 1.54) is 0 Å². The number of ether oxygens (including phenoxy) is 1. The van der Waals surface area contributed by atoms with Crippen molar-refractivity contribution < 1.29 is 9.53 Å². The summed E-state index contributed by atoms with van der Waals surface area (Å²) in [5.41, 5.74) is 1.78. The van der Waals surface area contributed by atoms with Crippen molar-refractivity contribution in [3.05, 3.63) is 40.6 Å². The number of nitrogens with one attached hydrogen (secondary N) is 2. The quantitative estimate of drug-likeness (QED) is 0.819. The molecule has 0 spiro atoms. The lowest BCUT2D eigenvalue weighted by molar-refractivity contribution is -0.119. The monoisotopic (exact) mass is 392 g/mol. The van der Waals surface area contributed by atoms with Gasteiger partial charge in [0.15, 0.2) is 0 Å². The molecule has 24 heavy (non-hydrogen) atoms. The molecule has 2 N–H and O–H groups in total. The van der Waals surface area contributed by atoms with E-state index in [2.05, 4.69) is 31.7 Å². The van der Waals surface area contributed by atoms with Gasteiger partial charge < -0.3 is 15.4 Å². The van der Waals surface area contributed by atoms with Crippen LogP contribution in [0.5, 0.6) is 5.75 Å². The van der Waals surface area contributed by atoms with Crippen LogP contribution in [0.25, 0.3) is 0 Å². The van der Waals surface area contributed by atoms with Gasteiger partial charge in [-0.15, -0.1) is 0 Å².